The average molecular weight is 584 g/mol. The lowest BCUT2D eigenvalue weighted by Crippen LogP contribution is -2.47. The second-order valence-corrected chi connectivity index (χ2v) is 11.7. The molecule has 0 bridgehead atoms. The predicted octanol–water partition coefficient (Wildman–Crippen LogP) is 6.97. The van der Waals surface area contributed by atoms with Crippen molar-refractivity contribution < 1.29 is 9.18 Å². The Balaban J connectivity index is 1.29. The van der Waals surface area contributed by atoms with Crippen molar-refractivity contribution in [2.75, 3.05) is 50.7 Å². The lowest BCUT2D eigenvalue weighted by Gasteiger charge is -2.36. The summed E-state index contributed by atoms with van der Waals surface area (Å²) in [5.74, 6) is -0.0645. The Hall–Kier alpha value is -3.71. The number of fused-ring (bicyclic) bond motifs is 1. The molecule has 1 fully saturated rings. The molecule has 0 unspecified atom stereocenters. The lowest BCUT2D eigenvalue weighted by molar-refractivity contribution is 0.0754. The zero-order chi connectivity index (χ0) is 30.5. The smallest absolute Gasteiger partial charge is 0.255 e. The van der Waals surface area contributed by atoms with Crippen LogP contribution in [0.25, 0.3) is 16.6 Å². The molecule has 0 atom stereocenters. The summed E-state index contributed by atoms with van der Waals surface area (Å²) in [6, 6.07) is 16.0. The number of pyridine rings is 1. The van der Waals surface area contributed by atoms with Gasteiger partial charge in [0, 0.05) is 80.2 Å². The molecule has 4 aromatic rings. The van der Waals surface area contributed by atoms with Gasteiger partial charge < -0.3 is 14.4 Å². The Bertz CT molecular complexity index is 1560. The molecular formula is C36H46FN5O. The van der Waals surface area contributed by atoms with Crippen molar-refractivity contribution in [2.45, 2.75) is 60.3 Å². The van der Waals surface area contributed by atoms with Crippen molar-refractivity contribution in [1.29, 1.82) is 0 Å². The number of aromatic nitrogens is 2. The maximum absolute atomic E-state index is 15.2. The number of piperazine rings is 1. The van der Waals surface area contributed by atoms with Crippen LogP contribution in [-0.2, 0) is 12.8 Å². The van der Waals surface area contributed by atoms with Crippen molar-refractivity contribution >= 4 is 22.5 Å². The molecule has 0 radical (unpaired) electrons. The van der Waals surface area contributed by atoms with Crippen LogP contribution in [0.2, 0.25) is 0 Å². The second kappa shape index (κ2) is 13.7. The molecule has 5 rings (SSSR count). The number of halogens is 1. The van der Waals surface area contributed by atoms with Crippen LogP contribution in [-0.4, -0.2) is 71.1 Å². The summed E-state index contributed by atoms with van der Waals surface area (Å²) < 4.78 is 17.3. The van der Waals surface area contributed by atoms with E-state index >= 15 is 4.39 Å². The van der Waals surface area contributed by atoms with E-state index in [0.29, 0.717) is 6.42 Å². The summed E-state index contributed by atoms with van der Waals surface area (Å²) in [6.45, 7) is 16.4. The van der Waals surface area contributed by atoms with Crippen LogP contribution in [0.1, 0.15) is 66.5 Å². The molecule has 6 nitrogen and oxygen atoms in total. The Morgan fingerprint density at radius 3 is 2.35 bits per heavy atom. The summed E-state index contributed by atoms with van der Waals surface area (Å²) in [4.78, 5) is 25.0. The van der Waals surface area contributed by atoms with Crippen molar-refractivity contribution in [1.82, 2.24) is 19.4 Å². The van der Waals surface area contributed by atoms with Crippen LogP contribution in [0.5, 0.6) is 0 Å². The van der Waals surface area contributed by atoms with Gasteiger partial charge in [-0.3, -0.25) is 14.7 Å². The van der Waals surface area contributed by atoms with Gasteiger partial charge in [0.1, 0.15) is 5.82 Å². The van der Waals surface area contributed by atoms with E-state index in [0.717, 1.165) is 104 Å². The summed E-state index contributed by atoms with van der Waals surface area (Å²) in [5, 5.41) is 1.20. The Morgan fingerprint density at radius 1 is 0.907 bits per heavy atom. The monoisotopic (exact) mass is 583 g/mol. The third kappa shape index (κ3) is 6.47. The third-order valence-corrected chi connectivity index (χ3v) is 8.84. The molecule has 0 aliphatic carbocycles. The zero-order valence-electron chi connectivity index (χ0n) is 26.5. The fourth-order valence-electron chi connectivity index (χ4n) is 6.55. The Kier molecular flexibility index (Phi) is 9.81. The van der Waals surface area contributed by atoms with Gasteiger partial charge >= 0.3 is 0 Å². The highest BCUT2D eigenvalue weighted by Crippen LogP contribution is 2.29. The number of hydrogen-bond donors (Lipinski definition) is 0. The number of hydrogen-bond acceptors (Lipinski definition) is 4. The van der Waals surface area contributed by atoms with Crippen LogP contribution < -0.4 is 4.90 Å². The molecule has 1 aliphatic heterocycles. The van der Waals surface area contributed by atoms with Crippen molar-refractivity contribution in [3.63, 3.8) is 0 Å². The first-order valence-corrected chi connectivity index (χ1v) is 16.0. The van der Waals surface area contributed by atoms with Crippen molar-refractivity contribution in [3.05, 3.63) is 88.6 Å². The van der Waals surface area contributed by atoms with Gasteiger partial charge in [-0.25, -0.2) is 4.39 Å². The molecule has 7 heteroatoms. The van der Waals surface area contributed by atoms with Crippen LogP contribution in [0.4, 0.5) is 10.1 Å². The predicted molar refractivity (Wildman–Crippen MR) is 175 cm³/mol. The second-order valence-electron chi connectivity index (χ2n) is 11.7. The number of carbonyl (C=O) groups is 1. The number of benzene rings is 2. The summed E-state index contributed by atoms with van der Waals surface area (Å²) >= 11 is 0. The minimum absolute atomic E-state index is 0.0910. The van der Waals surface area contributed by atoms with Gasteiger partial charge in [0.25, 0.3) is 5.91 Å². The number of rotatable bonds is 11. The topological polar surface area (TPSA) is 44.6 Å². The molecule has 0 N–H and O–H groups in total. The maximum Gasteiger partial charge on any atom is 0.255 e. The number of nitrogens with zero attached hydrogens (tertiary/aromatic N) is 5. The normalized spacial score (nSPS) is 14.0. The highest BCUT2D eigenvalue weighted by atomic mass is 19.1. The van der Waals surface area contributed by atoms with Crippen LogP contribution >= 0.6 is 0 Å². The van der Waals surface area contributed by atoms with Gasteiger partial charge in [-0.1, -0.05) is 26.8 Å². The molecule has 0 spiro atoms. The van der Waals surface area contributed by atoms with E-state index in [1.807, 2.05) is 37.1 Å². The van der Waals surface area contributed by atoms with Gasteiger partial charge in [-0.15, -0.1) is 0 Å². The Morgan fingerprint density at radius 2 is 1.65 bits per heavy atom. The highest BCUT2D eigenvalue weighted by molar-refractivity contribution is 5.96. The fourth-order valence-corrected chi connectivity index (χ4v) is 6.55. The van der Waals surface area contributed by atoms with Gasteiger partial charge in [0.05, 0.1) is 11.1 Å². The lowest BCUT2D eigenvalue weighted by atomic mass is 10.0. The molecule has 0 saturated carbocycles. The first-order chi connectivity index (χ1) is 20.9. The van der Waals surface area contributed by atoms with Gasteiger partial charge in [-0.2, -0.15) is 0 Å². The largest absolute Gasteiger partial charge is 0.368 e. The molecule has 1 aliphatic rings. The third-order valence-electron chi connectivity index (χ3n) is 8.84. The fraction of sp³-hybridized carbons (Fsp3) is 0.444. The van der Waals surface area contributed by atoms with E-state index in [1.165, 1.54) is 11.1 Å². The number of aryl methyl sites for hydroxylation is 1. The van der Waals surface area contributed by atoms with Crippen molar-refractivity contribution in [3.8, 4) is 5.69 Å². The molecule has 228 valence electrons. The van der Waals surface area contributed by atoms with Crippen molar-refractivity contribution in [2.24, 2.45) is 0 Å². The maximum atomic E-state index is 15.2. The number of amides is 1. The molecule has 3 heterocycles. The molecular weight excluding hydrogens is 537 g/mol. The summed E-state index contributed by atoms with van der Waals surface area (Å²) in [6.07, 6.45) is 5.23. The SMILES string of the molecule is CCCN(CCC)C(=O)c1ccn(-c2ccc(F)c(CCN3CCN(c4cccc5nc(C)ccc45)CC3)c2C)c1CC. The van der Waals surface area contributed by atoms with E-state index in [1.54, 1.807) is 6.07 Å². The molecule has 1 amide bonds. The van der Waals surface area contributed by atoms with Crippen LogP contribution in [0, 0.1) is 19.7 Å². The highest BCUT2D eigenvalue weighted by Gasteiger charge is 2.23. The first kappa shape index (κ1) is 30.7. The minimum Gasteiger partial charge on any atom is -0.368 e. The summed E-state index contributed by atoms with van der Waals surface area (Å²) in [7, 11) is 0. The van der Waals surface area contributed by atoms with Gasteiger partial charge in [0.15, 0.2) is 0 Å². The molecule has 2 aromatic heterocycles. The van der Waals surface area contributed by atoms with Crippen LogP contribution in [0.3, 0.4) is 0 Å². The van der Waals surface area contributed by atoms with Gasteiger partial charge in [-0.05, 0) is 93.1 Å². The summed E-state index contributed by atoms with van der Waals surface area (Å²) in [5.41, 5.74) is 7.71. The minimum atomic E-state index is -0.156. The zero-order valence-corrected chi connectivity index (χ0v) is 26.5. The first-order valence-electron chi connectivity index (χ1n) is 16.0. The molecule has 1 saturated heterocycles. The standard InChI is InChI=1S/C36H46FN5O/c1-6-18-41(19-7-2)36(43)30-17-21-42(33(30)8-3)34-15-14-31(37)28(27(34)5)16-20-39-22-24-40(25-23-39)35-11-9-10-32-29(35)13-12-26(4)38-32/h9-15,17,21H,6-8,16,18-20,22-25H2,1-5H3. The van der Waals surface area contributed by atoms with E-state index in [2.05, 4.69) is 65.5 Å². The average Bonchev–Trinajstić information content (AvgIpc) is 3.44. The molecule has 2 aromatic carbocycles. The number of carbonyl (C=O) groups excluding carboxylic acids is 1. The van der Waals surface area contributed by atoms with E-state index in [9.17, 15) is 4.79 Å². The molecule has 43 heavy (non-hydrogen) atoms. The number of anilines is 1. The van der Waals surface area contributed by atoms with Gasteiger partial charge in [0.2, 0.25) is 0 Å². The van der Waals surface area contributed by atoms with E-state index in [-0.39, 0.29) is 11.7 Å². The van der Waals surface area contributed by atoms with E-state index < -0.39 is 0 Å². The van der Waals surface area contributed by atoms with E-state index in [4.69, 9.17) is 4.98 Å². The Labute approximate surface area is 256 Å². The van der Waals surface area contributed by atoms with Crippen LogP contribution in [0.15, 0.2) is 54.7 Å². The quantitative estimate of drug-likeness (QED) is 0.191.